The maximum absolute atomic E-state index is 9.98. The predicted molar refractivity (Wildman–Crippen MR) is 73.3 cm³/mol. The second-order valence-corrected chi connectivity index (χ2v) is 4.10. The van der Waals surface area contributed by atoms with Crippen molar-refractivity contribution in [2.24, 2.45) is 0 Å². The van der Waals surface area contributed by atoms with Crippen molar-refractivity contribution in [3.8, 4) is 0 Å². The largest absolute Gasteiger partial charge is 3.00 e. The van der Waals surface area contributed by atoms with Gasteiger partial charge in [-0.05, 0) is 39.0 Å². The average Bonchev–Trinajstić information content (AvgIpc) is 2.10. The number of rotatable bonds is 3. The van der Waals surface area contributed by atoms with Gasteiger partial charge in [0.05, 0.1) is 0 Å². The topological polar surface area (TPSA) is 120 Å². The van der Waals surface area contributed by atoms with E-state index in [2.05, 4.69) is 0 Å². The van der Waals surface area contributed by atoms with Gasteiger partial charge in [-0.3, -0.25) is 14.4 Å². The first-order chi connectivity index (χ1) is 9.38. The van der Waals surface area contributed by atoms with Gasteiger partial charge in [0.15, 0.2) is 17.3 Å². The van der Waals surface area contributed by atoms with Crippen LogP contribution >= 0.6 is 0 Å². The minimum Gasteiger partial charge on any atom is -0.876 e. The van der Waals surface area contributed by atoms with Crippen molar-refractivity contribution in [2.75, 3.05) is 0 Å². The van der Waals surface area contributed by atoms with Gasteiger partial charge in [-0.15, -0.1) is 17.3 Å². The zero-order valence-corrected chi connectivity index (χ0v) is 15.3. The van der Waals surface area contributed by atoms with Crippen molar-refractivity contribution >= 4 is 17.3 Å². The summed E-state index contributed by atoms with van der Waals surface area (Å²) in [5, 5.41) is 29.9. The fraction of sp³-hybridized carbons (Fsp3) is 0.400. The van der Waals surface area contributed by atoms with Crippen LogP contribution in [0.3, 0.4) is 0 Å². The molecule has 0 saturated carbocycles. The Bertz CT molecular complexity index is 368. The number of carbonyl (C=O) groups excluding carboxylic acids is 3. The number of allylic oxidation sites excluding steroid dienone is 6. The van der Waals surface area contributed by atoms with E-state index in [1.807, 2.05) is 0 Å². The van der Waals surface area contributed by atoms with Gasteiger partial charge in [0.1, 0.15) is 0 Å². The van der Waals surface area contributed by atoms with E-state index in [9.17, 15) is 29.7 Å². The first-order valence-corrected chi connectivity index (χ1v) is 5.96. The zero-order chi connectivity index (χ0) is 17.6. The molecule has 129 valence electrons. The van der Waals surface area contributed by atoms with Crippen LogP contribution in [0, 0.1) is 37.3 Å². The van der Waals surface area contributed by atoms with E-state index in [1.54, 1.807) is 0 Å². The Morgan fingerprint density at radius 2 is 0.682 bits per heavy atom. The summed E-state index contributed by atoms with van der Waals surface area (Å²) in [6, 6.07) is 0. The molecular formula is C15H21ErO6. The standard InChI is InChI=1S/3C5H8O2.Er/c3*1-4(6)3-5(2)7;/h3*3,6H,1-2H3;/q;;;+3/p-3/b2*4-3+;4-3-;. The Morgan fingerprint density at radius 3 is 0.682 bits per heavy atom. The molecule has 6 nitrogen and oxygen atoms in total. The van der Waals surface area contributed by atoms with Gasteiger partial charge >= 0.3 is 37.3 Å². The fourth-order valence-corrected chi connectivity index (χ4v) is 0.859. The van der Waals surface area contributed by atoms with Crippen LogP contribution in [0.25, 0.3) is 0 Å². The average molecular weight is 465 g/mol. The Kier molecular flexibility index (Phi) is 23.6. The van der Waals surface area contributed by atoms with Crippen molar-refractivity contribution in [1.82, 2.24) is 0 Å². The third kappa shape index (κ3) is 51.0. The quantitative estimate of drug-likeness (QED) is 0.411. The Labute approximate surface area is 160 Å². The Morgan fingerprint density at radius 1 is 0.545 bits per heavy atom. The normalized spacial score (nSPS) is 10.9. The molecule has 7 heteroatoms. The number of ketones is 3. The minimum atomic E-state index is -0.187. The van der Waals surface area contributed by atoms with Crippen LogP contribution in [0.2, 0.25) is 0 Å². The Hall–Kier alpha value is -1.12. The van der Waals surface area contributed by atoms with Crippen LogP contribution in [0.4, 0.5) is 0 Å². The van der Waals surface area contributed by atoms with Gasteiger partial charge in [-0.2, -0.15) is 0 Å². The van der Waals surface area contributed by atoms with E-state index >= 15 is 0 Å². The maximum Gasteiger partial charge on any atom is 3.00 e. The van der Waals surface area contributed by atoms with Crippen molar-refractivity contribution in [3.63, 3.8) is 0 Å². The molecule has 0 N–H and O–H groups in total. The molecule has 0 fully saturated rings. The second-order valence-electron chi connectivity index (χ2n) is 4.10. The van der Waals surface area contributed by atoms with E-state index in [-0.39, 0.29) is 71.9 Å². The Balaban J connectivity index is -0.000000108. The van der Waals surface area contributed by atoms with Crippen molar-refractivity contribution < 1.29 is 67.0 Å². The molecule has 0 bridgehead atoms. The van der Waals surface area contributed by atoms with Crippen molar-refractivity contribution in [3.05, 3.63) is 35.5 Å². The summed E-state index contributed by atoms with van der Waals surface area (Å²) >= 11 is 0. The van der Waals surface area contributed by atoms with Crippen LogP contribution in [0.1, 0.15) is 41.5 Å². The summed E-state index contributed by atoms with van der Waals surface area (Å²) in [4.78, 5) is 29.9. The fourth-order valence-electron chi connectivity index (χ4n) is 0.859. The van der Waals surface area contributed by atoms with Crippen molar-refractivity contribution in [1.29, 1.82) is 0 Å². The smallest absolute Gasteiger partial charge is 0.876 e. The van der Waals surface area contributed by atoms with Crippen LogP contribution in [-0.4, -0.2) is 17.3 Å². The van der Waals surface area contributed by atoms with Crippen LogP contribution < -0.4 is 15.3 Å². The number of hydrogen-bond acceptors (Lipinski definition) is 6. The van der Waals surface area contributed by atoms with Crippen LogP contribution in [-0.2, 0) is 14.4 Å². The van der Waals surface area contributed by atoms with Crippen LogP contribution in [0.15, 0.2) is 35.5 Å². The van der Waals surface area contributed by atoms with Gasteiger partial charge < -0.3 is 15.3 Å². The van der Waals surface area contributed by atoms with Gasteiger partial charge in [-0.1, -0.05) is 20.8 Å². The molecule has 0 amide bonds. The molecule has 0 aliphatic rings. The van der Waals surface area contributed by atoms with Crippen molar-refractivity contribution in [2.45, 2.75) is 41.5 Å². The second kappa shape index (κ2) is 17.9. The molecule has 1 radical (unpaired) electrons. The van der Waals surface area contributed by atoms with Gasteiger partial charge in [-0.25, -0.2) is 0 Å². The monoisotopic (exact) mass is 463 g/mol. The maximum atomic E-state index is 9.98. The van der Waals surface area contributed by atoms with E-state index < -0.39 is 0 Å². The van der Waals surface area contributed by atoms with Gasteiger partial charge in [0.25, 0.3) is 0 Å². The molecule has 22 heavy (non-hydrogen) atoms. The number of carbonyl (C=O) groups is 3. The molecule has 0 aliphatic carbocycles. The third-order valence-electron chi connectivity index (χ3n) is 1.22. The first-order valence-electron chi connectivity index (χ1n) is 5.96. The molecule has 0 unspecified atom stereocenters. The summed E-state index contributed by atoms with van der Waals surface area (Å²) in [6.07, 6.45) is 3.17. The summed E-state index contributed by atoms with van der Waals surface area (Å²) in [7, 11) is 0. The summed E-state index contributed by atoms with van der Waals surface area (Å²) < 4.78 is 0. The predicted octanol–water partition coefficient (Wildman–Crippen LogP) is -0.481. The van der Waals surface area contributed by atoms with Crippen LogP contribution in [0.5, 0.6) is 0 Å². The molecule has 0 atom stereocenters. The van der Waals surface area contributed by atoms with Gasteiger partial charge in [0, 0.05) is 0 Å². The zero-order valence-electron chi connectivity index (χ0n) is 13.5. The minimum absolute atomic E-state index is 0. The summed E-state index contributed by atoms with van der Waals surface area (Å²) in [5.41, 5.74) is 0. The van der Waals surface area contributed by atoms with E-state index in [4.69, 9.17) is 0 Å². The molecule has 0 heterocycles. The molecule has 0 spiro atoms. The SMILES string of the molecule is CC(=O)/C=C(/C)[O-].CC(=O)/C=C(\C)[O-].CC(=O)/C=C(\C)[O-].[Er+3]. The molecule has 0 aromatic heterocycles. The molecule has 0 aromatic rings. The summed E-state index contributed by atoms with van der Waals surface area (Å²) in [6.45, 7) is 8.09. The third-order valence-corrected chi connectivity index (χ3v) is 1.22. The molecular weight excluding hydrogens is 443 g/mol. The molecule has 0 saturated heterocycles. The molecule has 0 rings (SSSR count). The summed E-state index contributed by atoms with van der Waals surface area (Å²) in [5.74, 6) is -1.12. The first kappa shape index (κ1) is 29.0. The van der Waals surface area contributed by atoms with E-state index in [1.165, 1.54) is 41.5 Å². The van der Waals surface area contributed by atoms with E-state index in [0.717, 1.165) is 18.2 Å². The molecule has 0 aliphatic heterocycles. The number of hydrogen-bond donors (Lipinski definition) is 0. The van der Waals surface area contributed by atoms with Gasteiger partial charge in [0.2, 0.25) is 0 Å². The molecule has 0 aromatic carbocycles. The van der Waals surface area contributed by atoms with E-state index in [0.29, 0.717) is 0 Å².